The molecule has 0 unspecified atom stereocenters. The first kappa shape index (κ1) is 7.42. The van der Waals surface area contributed by atoms with E-state index < -0.39 is 0 Å². The van der Waals surface area contributed by atoms with Gasteiger partial charge in [0.1, 0.15) is 0 Å². The van der Waals surface area contributed by atoms with Crippen LogP contribution < -0.4 is 0 Å². The lowest BCUT2D eigenvalue weighted by atomic mass is 9.98. The van der Waals surface area contributed by atoms with Crippen molar-refractivity contribution in [3.05, 3.63) is 10.4 Å². The SMILES string of the molecule is C[C@@H]1[C@@H](C)CC[C@H]1N=[N+]=[N-]. The molecule has 1 aliphatic rings. The van der Waals surface area contributed by atoms with E-state index >= 15 is 0 Å². The van der Waals surface area contributed by atoms with Crippen LogP contribution in [0.25, 0.3) is 10.4 Å². The van der Waals surface area contributed by atoms with Crippen molar-refractivity contribution in [2.45, 2.75) is 32.7 Å². The molecule has 0 radical (unpaired) electrons. The van der Waals surface area contributed by atoms with Gasteiger partial charge in [-0.25, -0.2) is 0 Å². The van der Waals surface area contributed by atoms with Gasteiger partial charge in [-0.1, -0.05) is 25.4 Å². The molecule has 0 N–H and O–H groups in total. The summed E-state index contributed by atoms with van der Waals surface area (Å²) < 4.78 is 0. The van der Waals surface area contributed by atoms with E-state index in [9.17, 15) is 0 Å². The molecule has 1 rings (SSSR count). The van der Waals surface area contributed by atoms with E-state index in [1.807, 2.05) is 0 Å². The predicted octanol–water partition coefficient (Wildman–Crippen LogP) is 2.73. The molecule has 1 fully saturated rings. The standard InChI is InChI=1S/C7H13N3/c1-5-3-4-7(6(5)2)9-10-8/h5-7H,3-4H2,1-2H3/t5-,6+,7+/m0/s1. The van der Waals surface area contributed by atoms with Crippen LogP contribution in [0.3, 0.4) is 0 Å². The highest BCUT2D eigenvalue weighted by Crippen LogP contribution is 2.33. The van der Waals surface area contributed by atoms with Crippen LogP contribution in [-0.2, 0) is 0 Å². The zero-order valence-electron chi connectivity index (χ0n) is 6.49. The lowest BCUT2D eigenvalue weighted by molar-refractivity contribution is 0.421. The molecule has 0 amide bonds. The van der Waals surface area contributed by atoms with Crippen LogP contribution in [0.4, 0.5) is 0 Å². The summed E-state index contributed by atoms with van der Waals surface area (Å²) in [4.78, 5) is 2.83. The lowest BCUT2D eigenvalue weighted by Crippen LogP contribution is -2.10. The second-order valence-corrected chi connectivity index (χ2v) is 3.19. The molecule has 56 valence electrons. The molecule has 1 aliphatic carbocycles. The zero-order chi connectivity index (χ0) is 7.56. The van der Waals surface area contributed by atoms with Gasteiger partial charge in [-0.05, 0) is 23.8 Å². The number of nitrogens with zero attached hydrogens (tertiary/aromatic N) is 3. The first-order valence-corrected chi connectivity index (χ1v) is 3.80. The largest absolute Gasteiger partial charge is 0.0903 e. The summed E-state index contributed by atoms with van der Waals surface area (Å²) in [6.45, 7) is 4.38. The van der Waals surface area contributed by atoms with Crippen LogP contribution in [0.2, 0.25) is 0 Å². The molecule has 0 aromatic rings. The molecule has 3 nitrogen and oxygen atoms in total. The normalized spacial score (nSPS) is 39.2. The molecule has 1 saturated carbocycles. The maximum Gasteiger partial charge on any atom is 0.0402 e. The van der Waals surface area contributed by atoms with Gasteiger partial charge in [0.05, 0.1) is 0 Å². The van der Waals surface area contributed by atoms with Crippen molar-refractivity contribution < 1.29 is 0 Å². The third-order valence-electron chi connectivity index (χ3n) is 2.62. The average molecular weight is 139 g/mol. The third-order valence-corrected chi connectivity index (χ3v) is 2.62. The van der Waals surface area contributed by atoms with Crippen LogP contribution in [0, 0.1) is 11.8 Å². The summed E-state index contributed by atoms with van der Waals surface area (Å²) in [7, 11) is 0. The van der Waals surface area contributed by atoms with Gasteiger partial charge in [0.25, 0.3) is 0 Å². The minimum absolute atomic E-state index is 0.264. The van der Waals surface area contributed by atoms with Crippen molar-refractivity contribution >= 4 is 0 Å². The van der Waals surface area contributed by atoms with Gasteiger partial charge < -0.3 is 0 Å². The summed E-state index contributed by atoms with van der Waals surface area (Å²) in [6.07, 6.45) is 2.29. The molecular formula is C7H13N3. The predicted molar refractivity (Wildman–Crippen MR) is 40.5 cm³/mol. The van der Waals surface area contributed by atoms with E-state index in [4.69, 9.17) is 5.53 Å². The van der Waals surface area contributed by atoms with Gasteiger partial charge in [0, 0.05) is 11.0 Å². The van der Waals surface area contributed by atoms with Gasteiger partial charge in [-0.2, -0.15) is 0 Å². The Labute approximate surface area is 61.1 Å². The van der Waals surface area contributed by atoms with Crippen molar-refractivity contribution in [1.29, 1.82) is 0 Å². The van der Waals surface area contributed by atoms with Gasteiger partial charge >= 0.3 is 0 Å². The fourth-order valence-corrected chi connectivity index (χ4v) is 1.57. The topological polar surface area (TPSA) is 48.8 Å². The molecule has 0 spiro atoms. The maximum absolute atomic E-state index is 8.19. The highest BCUT2D eigenvalue weighted by atomic mass is 15.2. The lowest BCUT2D eigenvalue weighted by Gasteiger charge is -2.11. The van der Waals surface area contributed by atoms with Crippen molar-refractivity contribution in [3.8, 4) is 0 Å². The minimum atomic E-state index is 0.264. The molecule has 0 aromatic heterocycles. The highest BCUT2D eigenvalue weighted by molar-refractivity contribution is 4.84. The maximum atomic E-state index is 8.19. The molecular weight excluding hydrogens is 126 g/mol. The number of hydrogen-bond acceptors (Lipinski definition) is 1. The minimum Gasteiger partial charge on any atom is -0.0903 e. The van der Waals surface area contributed by atoms with Crippen LogP contribution in [0.1, 0.15) is 26.7 Å². The summed E-state index contributed by atoms with van der Waals surface area (Å²) in [5.74, 6) is 1.31. The van der Waals surface area contributed by atoms with E-state index in [1.54, 1.807) is 0 Å². The first-order valence-electron chi connectivity index (χ1n) is 3.80. The number of rotatable bonds is 1. The fourth-order valence-electron chi connectivity index (χ4n) is 1.57. The van der Waals surface area contributed by atoms with Crippen molar-refractivity contribution in [1.82, 2.24) is 0 Å². The van der Waals surface area contributed by atoms with Crippen molar-refractivity contribution in [2.24, 2.45) is 17.0 Å². The van der Waals surface area contributed by atoms with E-state index in [0.717, 1.165) is 12.3 Å². The summed E-state index contributed by atoms with van der Waals surface area (Å²) in [5.41, 5.74) is 8.19. The zero-order valence-corrected chi connectivity index (χ0v) is 6.49. The molecule has 10 heavy (non-hydrogen) atoms. The van der Waals surface area contributed by atoms with E-state index in [-0.39, 0.29) is 6.04 Å². The molecule has 0 aromatic carbocycles. The Bertz CT molecular complexity index is 160. The van der Waals surface area contributed by atoms with Gasteiger partial charge in [-0.3, -0.25) is 0 Å². The van der Waals surface area contributed by atoms with E-state index in [2.05, 4.69) is 23.9 Å². The van der Waals surface area contributed by atoms with Gasteiger partial charge in [-0.15, -0.1) is 0 Å². The molecule has 0 saturated heterocycles. The molecule has 0 bridgehead atoms. The van der Waals surface area contributed by atoms with Crippen molar-refractivity contribution in [3.63, 3.8) is 0 Å². The number of azide groups is 1. The smallest absolute Gasteiger partial charge is 0.0402 e. The Morgan fingerprint density at radius 2 is 2.10 bits per heavy atom. The summed E-state index contributed by atoms with van der Waals surface area (Å²) in [6, 6.07) is 0.264. The Morgan fingerprint density at radius 1 is 1.40 bits per heavy atom. The molecule has 3 heteroatoms. The quantitative estimate of drug-likeness (QED) is 0.304. The first-order chi connectivity index (χ1) is 4.75. The van der Waals surface area contributed by atoms with E-state index in [1.165, 1.54) is 6.42 Å². The van der Waals surface area contributed by atoms with Crippen molar-refractivity contribution in [2.75, 3.05) is 0 Å². The molecule has 0 heterocycles. The van der Waals surface area contributed by atoms with Crippen LogP contribution >= 0.6 is 0 Å². The number of hydrogen-bond donors (Lipinski definition) is 0. The third kappa shape index (κ3) is 1.24. The van der Waals surface area contributed by atoms with Gasteiger partial charge in [0.2, 0.25) is 0 Å². The highest BCUT2D eigenvalue weighted by Gasteiger charge is 2.28. The molecule has 0 aliphatic heterocycles. The fraction of sp³-hybridized carbons (Fsp3) is 1.00. The Hall–Kier alpha value is -0.690. The summed E-state index contributed by atoms with van der Waals surface area (Å²) in [5, 5.41) is 3.74. The Balaban J connectivity index is 2.56. The molecule has 3 atom stereocenters. The monoisotopic (exact) mass is 139 g/mol. The Morgan fingerprint density at radius 3 is 2.50 bits per heavy atom. The summed E-state index contributed by atoms with van der Waals surface area (Å²) >= 11 is 0. The Kier molecular flexibility index (Phi) is 2.17. The average Bonchev–Trinajstić information content (AvgIpc) is 2.20. The second-order valence-electron chi connectivity index (χ2n) is 3.19. The van der Waals surface area contributed by atoms with Crippen LogP contribution in [0.15, 0.2) is 5.11 Å². The van der Waals surface area contributed by atoms with Gasteiger partial charge in [0.15, 0.2) is 0 Å². The second kappa shape index (κ2) is 2.93. The van der Waals surface area contributed by atoms with E-state index in [0.29, 0.717) is 5.92 Å². The van der Waals surface area contributed by atoms with Crippen LogP contribution in [-0.4, -0.2) is 6.04 Å². The van der Waals surface area contributed by atoms with Crippen LogP contribution in [0.5, 0.6) is 0 Å².